The Hall–Kier alpha value is -4.13. The van der Waals surface area contributed by atoms with Gasteiger partial charge in [-0.2, -0.15) is 0 Å². The van der Waals surface area contributed by atoms with Crippen molar-refractivity contribution in [1.29, 1.82) is 0 Å². The third-order valence-corrected chi connectivity index (χ3v) is 4.67. The van der Waals surface area contributed by atoms with Crippen molar-refractivity contribution in [3.63, 3.8) is 0 Å². The minimum atomic E-state index is -0.488. The zero-order valence-electron chi connectivity index (χ0n) is 17.9. The van der Waals surface area contributed by atoms with E-state index in [1.54, 1.807) is 60.7 Å². The molecule has 0 saturated carbocycles. The van der Waals surface area contributed by atoms with Crippen molar-refractivity contribution >= 4 is 23.4 Å². The Morgan fingerprint density at radius 2 is 1.38 bits per heavy atom. The van der Waals surface area contributed by atoms with Crippen molar-refractivity contribution in [2.75, 3.05) is 11.9 Å². The molecule has 0 radical (unpaired) electrons. The van der Waals surface area contributed by atoms with Crippen molar-refractivity contribution in [3.8, 4) is 5.75 Å². The molecule has 7 nitrogen and oxygen atoms in total. The molecule has 3 amide bonds. The van der Waals surface area contributed by atoms with Gasteiger partial charge in [0.25, 0.3) is 17.7 Å². The second-order valence-electron chi connectivity index (χ2n) is 7.41. The molecule has 32 heavy (non-hydrogen) atoms. The summed E-state index contributed by atoms with van der Waals surface area (Å²) in [4.78, 5) is 36.3. The zero-order chi connectivity index (χ0) is 22.9. The highest BCUT2D eigenvalue weighted by atomic mass is 16.5. The first-order chi connectivity index (χ1) is 15.4. The Morgan fingerprint density at radius 1 is 0.750 bits per heavy atom. The van der Waals surface area contributed by atoms with Crippen molar-refractivity contribution in [2.24, 2.45) is 0 Å². The van der Waals surface area contributed by atoms with E-state index in [-0.39, 0.29) is 12.5 Å². The Kier molecular flexibility index (Phi) is 7.59. The van der Waals surface area contributed by atoms with Crippen LogP contribution in [0.5, 0.6) is 5.75 Å². The van der Waals surface area contributed by atoms with Crippen LogP contribution in [0, 0.1) is 0 Å². The minimum absolute atomic E-state index is 0.230. The number of hydrogen-bond acceptors (Lipinski definition) is 4. The van der Waals surface area contributed by atoms with Crippen LogP contribution in [0.25, 0.3) is 0 Å². The Morgan fingerprint density at radius 3 is 2.00 bits per heavy atom. The highest BCUT2D eigenvalue weighted by Crippen LogP contribution is 2.18. The number of amides is 3. The molecule has 164 valence electrons. The van der Waals surface area contributed by atoms with E-state index in [4.69, 9.17) is 4.74 Å². The second-order valence-corrected chi connectivity index (χ2v) is 7.41. The fourth-order valence-corrected chi connectivity index (χ4v) is 2.83. The van der Waals surface area contributed by atoms with Gasteiger partial charge in [-0.3, -0.25) is 25.2 Å². The van der Waals surface area contributed by atoms with E-state index >= 15 is 0 Å². The zero-order valence-corrected chi connectivity index (χ0v) is 17.9. The molecule has 3 N–H and O–H groups in total. The lowest BCUT2D eigenvalue weighted by molar-refractivity contribution is -0.123. The summed E-state index contributed by atoms with van der Waals surface area (Å²) in [5.74, 6) is -0.228. The van der Waals surface area contributed by atoms with Crippen LogP contribution < -0.4 is 20.9 Å². The molecule has 0 fully saturated rings. The maximum atomic E-state index is 12.2. The lowest BCUT2D eigenvalue weighted by Crippen LogP contribution is -2.43. The Balaban J connectivity index is 1.44. The first-order valence-corrected chi connectivity index (χ1v) is 10.2. The molecule has 0 bridgehead atoms. The van der Waals surface area contributed by atoms with Crippen molar-refractivity contribution in [3.05, 3.63) is 95.6 Å². The van der Waals surface area contributed by atoms with Gasteiger partial charge in [-0.1, -0.05) is 44.2 Å². The highest BCUT2D eigenvalue weighted by molar-refractivity contribution is 6.04. The van der Waals surface area contributed by atoms with Gasteiger partial charge in [-0.15, -0.1) is 0 Å². The van der Waals surface area contributed by atoms with E-state index in [0.717, 1.165) is 0 Å². The molecule has 0 heterocycles. The molecule has 0 aromatic heterocycles. The van der Waals surface area contributed by atoms with E-state index in [2.05, 4.69) is 30.0 Å². The molecule has 3 aromatic carbocycles. The van der Waals surface area contributed by atoms with Crippen molar-refractivity contribution in [2.45, 2.75) is 19.8 Å². The van der Waals surface area contributed by atoms with Crippen LogP contribution in [-0.4, -0.2) is 24.3 Å². The second kappa shape index (κ2) is 10.8. The van der Waals surface area contributed by atoms with E-state index in [9.17, 15) is 14.4 Å². The number of carbonyl (C=O) groups is 3. The van der Waals surface area contributed by atoms with Crippen molar-refractivity contribution in [1.82, 2.24) is 10.9 Å². The summed E-state index contributed by atoms with van der Waals surface area (Å²) in [5, 5.41) is 2.76. The first-order valence-electron chi connectivity index (χ1n) is 10.2. The molecule has 0 spiro atoms. The lowest BCUT2D eigenvalue weighted by Gasteiger charge is -2.10. The number of hydrogen-bond donors (Lipinski definition) is 3. The van der Waals surface area contributed by atoms with Crippen LogP contribution in [0.1, 0.15) is 46.0 Å². The third-order valence-electron chi connectivity index (χ3n) is 4.67. The summed E-state index contributed by atoms with van der Waals surface area (Å²) in [5.41, 5.74) is 7.25. The normalized spacial score (nSPS) is 10.3. The minimum Gasteiger partial charge on any atom is -0.484 e. The standard InChI is InChI=1S/C25H25N3O4/c1-17(2)18-10-14-22(15-11-18)32-16-23(29)27-28-25(31)20-8-12-21(13-9-20)26-24(30)19-6-4-3-5-7-19/h3-15,17H,16H2,1-2H3,(H,26,30)(H,27,29)(H,28,31). The Bertz CT molecular complexity index is 1060. The molecule has 0 atom stereocenters. The number of ether oxygens (including phenoxy) is 1. The summed E-state index contributed by atoms with van der Waals surface area (Å²) in [6.07, 6.45) is 0. The van der Waals surface area contributed by atoms with Crippen molar-refractivity contribution < 1.29 is 19.1 Å². The lowest BCUT2D eigenvalue weighted by atomic mass is 10.0. The van der Waals surface area contributed by atoms with Gasteiger partial charge in [-0.05, 0) is 60.0 Å². The predicted octanol–water partition coefficient (Wildman–Crippen LogP) is 3.90. The third kappa shape index (κ3) is 6.43. The topological polar surface area (TPSA) is 96.5 Å². The van der Waals surface area contributed by atoms with Crippen LogP contribution in [0.3, 0.4) is 0 Å². The predicted molar refractivity (Wildman–Crippen MR) is 122 cm³/mol. The largest absolute Gasteiger partial charge is 0.484 e. The average molecular weight is 431 g/mol. The van der Waals surface area contributed by atoms with Gasteiger partial charge in [-0.25, -0.2) is 0 Å². The van der Waals surface area contributed by atoms with Gasteiger partial charge in [0, 0.05) is 16.8 Å². The number of nitrogens with one attached hydrogen (secondary N) is 3. The molecular formula is C25H25N3O4. The quantitative estimate of drug-likeness (QED) is 0.494. The molecule has 3 rings (SSSR count). The first kappa shape index (κ1) is 22.6. The fourth-order valence-electron chi connectivity index (χ4n) is 2.83. The summed E-state index contributed by atoms with van der Waals surface area (Å²) in [6.45, 7) is 3.96. The highest BCUT2D eigenvalue weighted by Gasteiger charge is 2.10. The van der Waals surface area contributed by atoms with Gasteiger partial charge in [0.05, 0.1) is 0 Å². The van der Waals surface area contributed by atoms with Crippen LogP contribution in [0.2, 0.25) is 0 Å². The van der Waals surface area contributed by atoms with Gasteiger partial charge in [0.2, 0.25) is 0 Å². The molecular weight excluding hydrogens is 406 g/mol. The van der Waals surface area contributed by atoms with E-state index in [0.29, 0.717) is 28.5 Å². The summed E-state index contributed by atoms with van der Waals surface area (Å²) in [7, 11) is 0. The monoisotopic (exact) mass is 431 g/mol. The molecule has 0 unspecified atom stereocenters. The molecule has 0 aliphatic rings. The average Bonchev–Trinajstić information content (AvgIpc) is 2.82. The molecule has 3 aromatic rings. The summed E-state index contributed by atoms with van der Waals surface area (Å²) < 4.78 is 5.43. The van der Waals surface area contributed by atoms with E-state index in [1.165, 1.54) is 5.56 Å². The van der Waals surface area contributed by atoms with Gasteiger partial charge >= 0.3 is 0 Å². The maximum Gasteiger partial charge on any atom is 0.276 e. The molecule has 7 heteroatoms. The van der Waals surface area contributed by atoms with Gasteiger partial charge in [0.15, 0.2) is 6.61 Å². The smallest absolute Gasteiger partial charge is 0.276 e. The number of hydrazine groups is 1. The van der Waals surface area contributed by atoms with Crippen LogP contribution in [0.15, 0.2) is 78.9 Å². The van der Waals surface area contributed by atoms with Crippen LogP contribution >= 0.6 is 0 Å². The van der Waals surface area contributed by atoms with Gasteiger partial charge in [0.1, 0.15) is 5.75 Å². The molecule has 0 aliphatic heterocycles. The van der Waals surface area contributed by atoms with E-state index < -0.39 is 11.8 Å². The van der Waals surface area contributed by atoms with Crippen LogP contribution in [0.4, 0.5) is 5.69 Å². The summed E-state index contributed by atoms with van der Waals surface area (Å²) in [6, 6.07) is 22.7. The van der Waals surface area contributed by atoms with Gasteiger partial charge < -0.3 is 10.1 Å². The number of carbonyl (C=O) groups excluding carboxylic acids is 3. The summed E-state index contributed by atoms with van der Waals surface area (Å²) >= 11 is 0. The molecule has 0 aliphatic carbocycles. The van der Waals surface area contributed by atoms with Crippen LogP contribution in [-0.2, 0) is 4.79 Å². The van der Waals surface area contributed by atoms with E-state index in [1.807, 2.05) is 18.2 Å². The maximum absolute atomic E-state index is 12.2. The SMILES string of the molecule is CC(C)c1ccc(OCC(=O)NNC(=O)c2ccc(NC(=O)c3ccccc3)cc2)cc1. The number of anilines is 1. The fraction of sp³-hybridized carbons (Fsp3) is 0.160. The number of benzene rings is 3. The number of rotatable bonds is 7. The molecule has 0 saturated heterocycles. The Labute approximate surface area is 186 Å².